The number of benzene rings is 1. The summed E-state index contributed by atoms with van der Waals surface area (Å²) < 4.78 is 1.84. The lowest BCUT2D eigenvalue weighted by Crippen LogP contribution is -1.95. The van der Waals surface area contributed by atoms with Gasteiger partial charge in [-0.3, -0.25) is 4.98 Å². The van der Waals surface area contributed by atoms with E-state index in [2.05, 4.69) is 20.3 Å². The zero-order valence-electron chi connectivity index (χ0n) is 9.83. The number of para-hydroxylation sites is 1. The SMILES string of the molecule is Cn1c(N)nc2c(Nc3cnccn3)cccc21. The smallest absolute Gasteiger partial charge is 0.201 e. The minimum atomic E-state index is 0.485. The summed E-state index contributed by atoms with van der Waals surface area (Å²) in [7, 11) is 1.89. The molecule has 18 heavy (non-hydrogen) atoms. The molecule has 0 atom stereocenters. The van der Waals surface area contributed by atoms with Crippen LogP contribution in [0, 0.1) is 0 Å². The second-order valence-corrected chi connectivity index (χ2v) is 3.92. The Bertz CT molecular complexity index is 688. The topological polar surface area (TPSA) is 81.7 Å². The quantitative estimate of drug-likeness (QED) is 0.712. The summed E-state index contributed by atoms with van der Waals surface area (Å²) in [4.78, 5) is 12.5. The van der Waals surface area contributed by atoms with Crippen LogP contribution in [0.1, 0.15) is 0 Å². The lowest BCUT2D eigenvalue weighted by Gasteiger charge is -2.05. The number of aromatic nitrogens is 4. The molecule has 0 saturated carbocycles. The zero-order valence-corrected chi connectivity index (χ0v) is 9.83. The molecular weight excluding hydrogens is 228 g/mol. The van der Waals surface area contributed by atoms with E-state index in [4.69, 9.17) is 5.73 Å². The van der Waals surface area contributed by atoms with Crippen molar-refractivity contribution in [1.29, 1.82) is 0 Å². The van der Waals surface area contributed by atoms with Crippen molar-refractivity contribution in [3.63, 3.8) is 0 Å². The van der Waals surface area contributed by atoms with Gasteiger partial charge in [0.2, 0.25) is 5.95 Å². The predicted octanol–water partition coefficient (Wildman–Crippen LogP) is 1.69. The van der Waals surface area contributed by atoms with E-state index in [9.17, 15) is 0 Å². The minimum absolute atomic E-state index is 0.485. The van der Waals surface area contributed by atoms with Gasteiger partial charge in [0.05, 0.1) is 17.4 Å². The number of aryl methyl sites for hydroxylation is 1. The van der Waals surface area contributed by atoms with Crippen molar-refractivity contribution in [2.24, 2.45) is 7.05 Å². The largest absolute Gasteiger partial charge is 0.369 e. The normalized spacial score (nSPS) is 10.7. The average molecular weight is 240 g/mol. The fourth-order valence-corrected chi connectivity index (χ4v) is 1.83. The molecule has 0 spiro atoms. The van der Waals surface area contributed by atoms with Gasteiger partial charge in [-0.25, -0.2) is 9.97 Å². The van der Waals surface area contributed by atoms with Crippen molar-refractivity contribution in [2.45, 2.75) is 0 Å². The Labute approximate surface area is 104 Å². The molecule has 2 aromatic heterocycles. The first-order valence-corrected chi connectivity index (χ1v) is 5.49. The van der Waals surface area contributed by atoms with Crippen molar-refractivity contribution in [1.82, 2.24) is 19.5 Å². The molecule has 0 bridgehead atoms. The van der Waals surface area contributed by atoms with Crippen LogP contribution >= 0.6 is 0 Å². The van der Waals surface area contributed by atoms with Gasteiger partial charge in [0.15, 0.2) is 0 Å². The summed E-state index contributed by atoms with van der Waals surface area (Å²) in [5.41, 5.74) is 8.47. The van der Waals surface area contributed by atoms with Gasteiger partial charge in [0.25, 0.3) is 0 Å². The van der Waals surface area contributed by atoms with Crippen LogP contribution in [0.4, 0.5) is 17.5 Å². The number of hydrogen-bond acceptors (Lipinski definition) is 5. The first kappa shape index (κ1) is 10.5. The fraction of sp³-hybridized carbons (Fsp3) is 0.0833. The Morgan fingerprint density at radius 2 is 2.17 bits per heavy atom. The molecule has 0 amide bonds. The second kappa shape index (κ2) is 3.99. The Hall–Kier alpha value is -2.63. The van der Waals surface area contributed by atoms with Gasteiger partial charge in [-0.1, -0.05) is 6.07 Å². The van der Waals surface area contributed by atoms with Crippen molar-refractivity contribution in [2.75, 3.05) is 11.1 Å². The van der Waals surface area contributed by atoms with Crippen LogP contribution in [0.3, 0.4) is 0 Å². The van der Waals surface area contributed by atoms with Gasteiger partial charge in [0.1, 0.15) is 11.3 Å². The molecular formula is C12H12N6. The Balaban J connectivity index is 2.10. The van der Waals surface area contributed by atoms with E-state index < -0.39 is 0 Å². The highest BCUT2D eigenvalue weighted by atomic mass is 15.1. The van der Waals surface area contributed by atoms with Crippen LogP contribution in [0.25, 0.3) is 11.0 Å². The second-order valence-electron chi connectivity index (χ2n) is 3.92. The third-order valence-electron chi connectivity index (χ3n) is 2.77. The molecule has 1 aromatic carbocycles. The van der Waals surface area contributed by atoms with Gasteiger partial charge in [-0.2, -0.15) is 0 Å². The summed E-state index contributed by atoms with van der Waals surface area (Å²) in [6.07, 6.45) is 4.92. The summed E-state index contributed by atoms with van der Waals surface area (Å²) in [5.74, 6) is 1.16. The van der Waals surface area contributed by atoms with E-state index in [1.54, 1.807) is 18.6 Å². The molecule has 0 aliphatic carbocycles. The average Bonchev–Trinajstić information content (AvgIpc) is 2.69. The van der Waals surface area contributed by atoms with E-state index >= 15 is 0 Å². The maximum absolute atomic E-state index is 5.81. The van der Waals surface area contributed by atoms with Crippen LogP contribution in [0.2, 0.25) is 0 Å². The third kappa shape index (κ3) is 1.64. The summed E-state index contributed by atoms with van der Waals surface area (Å²) in [6, 6.07) is 5.85. The predicted molar refractivity (Wildman–Crippen MR) is 70.4 cm³/mol. The summed E-state index contributed by atoms with van der Waals surface area (Å²) in [5, 5.41) is 3.18. The standard InChI is InChI=1S/C12H12N6/c1-18-9-4-2-3-8(11(9)17-12(18)13)16-10-7-14-5-6-15-10/h2-7H,1H3,(H2,13,17)(H,15,16). The molecule has 3 aromatic rings. The van der Waals surface area contributed by atoms with E-state index in [0.29, 0.717) is 11.8 Å². The van der Waals surface area contributed by atoms with E-state index in [1.807, 2.05) is 29.8 Å². The number of anilines is 3. The molecule has 3 N–H and O–H groups in total. The van der Waals surface area contributed by atoms with Crippen molar-refractivity contribution in [3.8, 4) is 0 Å². The molecule has 0 saturated heterocycles. The minimum Gasteiger partial charge on any atom is -0.369 e. The third-order valence-corrected chi connectivity index (χ3v) is 2.77. The number of hydrogen-bond donors (Lipinski definition) is 2. The lowest BCUT2D eigenvalue weighted by molar-refractivity contribution is 0.965. The first-order valence-electron chi connectivity index (χ1n) is 5.49. The van der Waals surface area contributed by atoms with Crippen molar-refractivity contribution >= 4 is 28.5 Å². The maximum atomic E-state index is 5.81. The summed E-state index contributed by atoms with van der Waals surface area (Å²) in [6.45, 7) is 0. The highest BCUT2D eigenvalue weighted by Gasteiger charge is 2.09. The van der Waals surface area contributed by atoms with Gasteiger partial charge in [-0.15, -0.1) is 0 Å². The van der Waals surface area contributed by atoms with Gasteiger partial charge in [-0.05, 0) is 12.1 Å². The van der Waals surface area contributed by atoms with Gasteiger partial charge < -0.3 is 15.6 Å². The fourth-order valence-electron chi connectivity index (χ4n) is 1.83. The monoisotopic (exact) mass is 240 g/mol. The van der Waals surface area contributed by atoms with Gasteiger partial charge >= 0.3 is 0 Å². The summed E-state index contributed by atoms with van der Waals surface area (Å²) >= 11 is 0. The molecule has 0 fully saturated rings. The Kier molecular flexibility index (Phi) is 2.33. The van der Waals surface area contributed by atoms with Crippen LogP contribution in [0.5, 0.6) is 0 Å². The van der Waals surface area contributed by atoms with Crippen LogP contribution < -0.4 is 11.1 Å². The molecule has 0 aliphatic rings. The highest BCUT2D eigenvalue weighted by molar-refractivity contribution is 5.91. The number of nitrogens with two attached hydrogens (primary N) is 1. The maximum Gasteiger partial charge on any atom is 0.201 e. The molecule has 2 heterocycles. The number of nitrogen functional groups attached to an aromatic ring is 1. The van der Waals surface area contributed by atoms with Gasteiger partial charge in [0, 0.05) is 19.4 Å². The number of nitrogens with one attached hydrogen (secondary N) is 1. The first-order chi connectivity index (χ1) is 8.75. The van der Waals surface area contributed by atoms with E-state index in [1.165, 1.54) is 0 Å². The number of imidazole rings is 1. The highest BCUT2D eigenvalue weighted by Crippen LogP contribution is 2.25. The Morgan fingerprint density at radius 1 is 1.28 bits per heavy atom. The number of fused-ring (bicyclic) bond motifs is 1. The van der Waals surface area contributed by atoms with Crippen molar-refractivity contribution < 1.29 is 0 Å². The molecule has 90 valence electrons. The molecule has 0 unspecified atom stereocenters. The van der Waals surface area contributed by atoms with E-state index in [0.717, 1.165) is 16.7 Å². The molecule has 0 radical (unpaired) electrons. The van der Waals surface area contributed by atoms with E-state index in [-0.39, 0.29) is 0 Å². The number of rotatable bonds is 2. The van der Waals surface area contributed by atoms with Crippen LogP contribution in [-0.4, -0.2) is 19.5 Å². The molecule has 6 heteroatoms. The molecule has 0 aliphatic heterocycles. The number of nitrogens with zero attached hydrogens (tertiary/aromatic N) is 4. The lowest BCUT2D eigenvalue weighted by atomic mass is 10.2. The van der Waals surface area contributed by atoms with Crippen LogP contribution in [-0.2, 0) is 7.05 Å². The van der Waals surface area contributed by atoms with Crippen LogP contribution in [0.15, 0.2) is 36.8 Å². The molecule has 6 nitrogen and oxygen atoms in total. The van der Waals surface area contributed by atoms with Crippen molar-refractivity contribution in [3.05, 3.63) is 36.8 Å². The molecule has 3 rings (SSSR count). The zero-order chi connectivity index (χ0) is 12.5. The Morgan fingerprint density at radius 3 is 2.94 bits per heavy atom.